The van der Waals surface area contributed by atoms with Crippen molar-refractivity contribution in [1.29, 1.82) is 0 Å². The van der Waals surface area contributed by atoms with Crippen LogP contribution in [-0.2, 0) is 4.79 Å². The highest BCUT2D eigenvalue weighted by molar-refractivity contribution is 5.85. The van der Waals surface area contributed by atoms with Crippen LogP contribution in [-0.4, -0.2) is 30.1 Å². The molecule has 1 rings (SSSR count). The summed E-state index contributed by atoms with van der Waals surface area (Å²) in [6, 6.07) is -0.0602. The van der Waals surface area contributed by atoms with Gasteiger partial charge in [-0.1, -0.05) is 0 Å². The predicted molar refractivity (Wildman–Crippen MR) is 40.4 cm³/mol. The van der Waals surface area contributed by atoms with E-state index in [0.29, 0.717) is 0 Å². The van der Waals surface area contributed by atoms with Crippen molar-refractivity contribution in [1.82, 2.24) is 5.32 Å². The second-order valence-corrected chi connectivity index (χ2v) is 2.27. The zero-order valence-electron chi connectivity index (χ0n) is 5.67. The van der Waals surface area contributed by atoms with Gasteiger partial charge in [0, 0.05) is 0 Å². The molecule has 1 atom stereocenters. The van der Waals surface area contributed by atoms with E-state index in [1.807, 2.05) is 0 Å². The second kappa shape index (κ2) is 4.66. The Morgan fingerprint density at radius 1 is 1.70 bits per heavy atom. The minimum Gasteiger partial charge on any atom is -0.389 e. The quantitative estimate of drug-likeness (QED) is 0.592. The number of hydrogen-bond donors (Lipinski definition) is 2. The van der Waals surface area contributed by atoms with Crippen LogP contribution in [0.2, 0.25) is 0 Å². The number of halogens is 1. The zero-order valence-corrected chi connectivity index (χ0v) is 6.49. The largest absolute Gasteiger partial charge is 0.389 e. The molecule has 0 radical (unpaired) electrons. The molecule has 0 aromatic heterocycles. The minimum absolute atomic E-state index is 0. The van der Waals surface area contributed by atoms with Crippen LogP contribution >= 0.6 is 12.4 Å². The number of ketones is 1. The number of Topliss-reactive ketones (excluding diaryl/α,β-unsaturated/α-hetero) is 1. The summed E-state index contributed by atoms with van der Waals surface area (Å²) in [6.45, 7) is 0.591. The topological polar surface area (TPSA) is 49.3 Å². The van der Waals surface area contributed by atoms with Gasteiger partial charge in [0.15, 0.2) is 5.78 Å². The van der Waals surface area contributed by atoms with Gasteiger partial charge in [0.05, 0.1) is 6.04 Å². The number of carbonyl (C=O) groups excluding carboxylic acids is 1. The van der Waals surface area contributed by atoms with E-state index >= 15 is 0 Å². The van der Waals surface area contributed by atoms with Crippen molar-refractivity contribution in [2.75, 3.05) is 13.2 Å². The lowest BCUT2D eigenvalue weighted by Crippen LogP contribution is -2.32. The van der Waals surface area contributed by atoms with Gasteiger partial charge in [0.25, 0.3) is 0 Å². The van der Waals surface area contributed by atoms with E-state index in [2.05, 4.69) is 5.32 Å². The smallest absolute Gasteiger partial charge is 0.174 e. The monoisotopic (exact) mass is 165 g/mol. The Hall–Kier alpha value is -0.120. The van der Waals surface area contributed by atoms with Crippen molar-refractivity contribution in [3.63, 3.8) is 0 Å². The molecule has 0 aromatic carbocycles. The maximum Gasteiger partial charge on any atom is 0.174 e. The molecule has 4 heteroatoms. The molecule has 0 aromatic rings. The summed E-state index contributed by atoms with van der Waals surface area (Å²) in [5.41, 5.74) is 0. The van der Waals surface area contributed by atoms with E-state index in [0.717, 1.165) is 19.4 Å². The van der Waals surface area contributed by atoms with E-state index in [9.17, 15) is 4.79 Å². The fraction of sp³-hybridized carbons (Fsp3) is 0.833. The average Bonchev–Trinajstić information content (AvgIpc) is 2.37. The first kappa shape index (κ1) is 9.88. The third-order valence-electron chi connectivity index (χ3n) is 1.60. The molecule has 1 fully saturated rings. The van der Waals surface area contributed by atoms with Gasteiger partial charge in [0.2, 0.25) is 0 Å². The van der Waals surface area contributed by atoms with Crippen molar-refractivity contribution in [3.05, 3.63) is 0 Å². The summed E-state index contributed by atoms with van der Waals surface area (Å²) in [5.74, 6) is -0.0764. The molecule has 3 nitrogen and oxygen atoms in total. The van der Waals surface area contributed by atoms with E-state index < -0.39 is 0 Å². The van der Waals surface area contributed by atoms with Gasteiger partial charge < -0.3 is 10.4 Å². The third kappa shape index (κ3) is 2.25. The van der Waals surface area contributed by atoms with Crippen LogP contribution in [0.5, 0.6) is 0 Å². The van der Waals surface area contributed by atoms with Gasteiger partial charge in [-0.3, -0.25) is 4.79 Å². The Morgan fingerprint density at radius 3 is 2.80 bits per heavy atom. The van der Waals surface area contributed by atoms with Crippen LogP contribution in [0.25, 0.3) is 0 Å². The first-order valence-electron chi connectivity index (χ1n) is 3.21. The molecule has 0 bridgehead atoms. The molecule has 60 valence electrons. The van der Waals surface area contributed by atoms with Gasteiger partial charge in [-0.25, -0.2) is 0 Å². The van der Waals surface area contributed by atoms with Gasteiger partial charge in [0.1, 0.15) is 6.61 Å². The van der Waals surface area contributed by atoms with Gasteiger partial charge in [-0.15, -0.1) is 12.4 Å². The van der Waals surface area contributed by atoms with Crippen molar-refractivity contribution in [2.24, 2.45) is 0 Å². The van der Waals surface area contributed by atoms with E-state index in [4.69, 9.17) is 5.11 Å². The molecule has 0 amide bonds. The fourth-order valence-corrected chi connectivity index (χ4v) is 1.07. The zero-order chi connectivity index (χ0) is 6.69. The molecule has 0 saturated carbocycles. The summed E-state index contributed by atoms with van der Waals surface area (Å²) < 4.78 is 0. The molecule has 0 unspecified atom stereocenters. The molecule has 0 spiro atoms. The molecule has 1 heterocycles. The van der Waals surface area contributed by atoms with Crippen LogP contribution in [0.15, 0.2) is 0 Å². The number of hydrogen-bond acceptors (Lipinski definition) is 3. The molecular formula is C6H12ClNO2. The number of carbonyl (C=O) groups is 1. The van der Waals surface area contributed by atoms with Crippen LogP contribution in [0.4, 0.5) is 0 Å². The predicted octanol–water partition coefficient (Wildman–Crippen LogP) is -0.278. The number of rotatable bonds is 2. The Labute approximate surface area is 66.2 Å². The molecule has 10 heavy (non-hydrogen) atoms. The Kier molecular flexibility index (Phi) is 4.60. The van der Waals surface area contributed by atoms with Gasteiger partial charge in [-0.2, -0.15) is 0 Å². The standard InChI is InChI=1S/C6H11NO2.ClH/c8-4-6(9)5-2-1-3-7-5;/h5,7-8H,1-4H2;1H/t5-;/m0./s1. The maximum absolute atomic E-state index is 10.7. The van der Waals surface area contributed by atoms with E-state index in [1.165, 1.54) is 0 Å². The maximum atomic E-state index is 10.7. The first-order chi connectivity index (χ1) is 4.34. The summed E-state index contributed by atoms with van der Waals surface area (Å²) >= 11 is 0. The fourth-order valence-electron chi connectivity index (χ4n) is 1.07. The van der Waals surface area contributed by atoms with Gasteiger partial charge >= 0.3 is 0 Å². The highest BCUT2D eigenvalue weighted by Gasteiger charge is 2.20. The molecule has 1 saturated heterocycles. The average molecular weight is 166 g/mol. The highest BCUT2D eigenvalue weighted by atomic mass is 35.5. The van der Waals surface area contributed by atoms with Crippen LogP contribution in [0.1, 0.15) is 12.8 Å². The van der Waals surface area contributed by atoms with Crippen molar-refractivity contribution in [2.45, 2.75) is 18.9 Å². The summed E-state index contributed by atoms with van der Waals surface area (Å²) in [4.78, 5) is 10.7. The lowest BCUT2D eigenvalue weighted by molar-refractivity contribution is -0.123. The lowest BCUT2D eigenvalue weighted by atomic mass is 10.1. The van der Waals surface area contributed by atoms with Crippen LogP contribution in [0.3, 0.4) is 0 Å². The van der Waals surface area contributed by atoms with Crippen molar-refractivity contribution >= 4 is 18.2 Å². The molecule has 0 aliphatic carbocycles. The molecular weight excluding hydrogens is 154 g/mol. The highest BCUT2D eigenvalue weighted by Crippen LogP contribution is 2.04. The SMILES string of the molecule is Cl.O=C(CO)[C@@H]1CCCN1. The number of nitrogens with one attached hydrogen (secondary N) is 1. The van der Waals surface area contributed by atoms with Crippen molar-refractivity contribution < 1.29 is 9.90 Å². The molecule has 1 aliphatic rings. The van der Waals surface area contributed by atoms with Gasteiger partial charge in [-0.05, 0) is 19.4 Å². The minimum atomic E-state index is -0.322. The first-order valence-corrected chi connectivity index (χ1v) is 3.21. The van der Waals surface area contributed by atoms with E-state index in [1.54, 1.807) is 0 Å². The van der Waals surface area contributed by atoms with Crippen LogP contribution in [0, 0.1) is 0 Å². The lowest BCUT2D eigenvalue weighted by Gasteiger charge is -2.04. The molecule has 1 aliphatic heterocycles. The number of aliphatic hydroxyl groups is 1. The third-order valence-corrected chi connectivity index (χ3v) is 1.60. The van der Waals surface area contributed by atoms with Crippen LogP contribution < -0.4 is 5.32 Å². The van der Waals surface area contributed by atoms with E-state index in [-0.39, 0.29) is 30.8 Å². The number of aliphatic hydroxyl groups excluding tert-OH is 1. The molecule has 2 N–H and O–H groups in total. The van der Waals surface area contributed by atoms with Crippen molar-refractivity contribution in [3.8, 4) is 0 Å². The second-order valence-electron chi connectivity index (χ2n) is 2.27. The Morgan fingerprint density at radius 2 is 2.40 bits per heavy atom. The summed E-state index contributed by atoms with van der Waals surface area (Å²) in [5, 5.41) is 11.4. The Bertz CT molecular complexity index is 112. The summed E-state index contributed by atoms with van der Waals surface area (Å²) in [7, 11) is 0. The normalized spacial score (nSPS) is 23.9. The summed E-state index contributed by atoms with van der Waals surface area (Å²) in [6.07, 6.45) is 1.94. The Balaban J connectivity index is 0.000000810.